The molecule has 0 aliphatic heterocycles. The fourth-order valence-corrected chi connectivity index (χ4v) is 3.79. The van der Waals surface area contributed by atoms with Crippen LogP contribution in [0.2, 0.25) is 0 Å². The molecule has 0 heterocycles. The van der Waals surface area contributed by atoms with Crippen LogP contribution in [0.5, 0.6) is 0 Å². The van der Waals surface area contributed by atoms with Crippen molar-refractivity contribution in [3.05, 3.63) is 65.3 Å². The SMILES string of the molecule is CCC(CC)(C1=Cc2ccccc2C1)C1C=CC=C1. The highest BCUT2D eigenvalue weighted by Crippen LogP contribution is 2.49. The molecule has 2 aliphatic carbocycles. The van der Waals surface area contributed by atoms with E-state index in [0.29, 0.717) is 11.3 Å². The minimum atomic E-state index is 0.308. The van der Waals surface area contributed by atoms with Crippen molar-refractivity contribution in [1.82, 2.24) is 0 Å². The molecule has 0 unspecified atom stereocenters. The average Bonchev–Trinajstić information content (AvgIpc) is 3.10. The molecule has 0 atom stereocenters. The van der Waals surface area contributed by atoms with E-state index in [9.17, 15) is 0 Å². The summed E-state index contributed by atoms with van der Waals surface area (Å²) < 4.78 is 0. The molecule has 0 spiro atoms. The maximum Gasteiger partial charge on any atom is 0.00466 e. The van der Waals surface area contributed by atoms with E-state index in [4.69, 9.17) is 0 Å². The van der Waals surface area contributed by atoms with Gasteiger partial charge in [-0.25, -0.2) is 0 Å². The highest BCUT2D eigenvalue weighted by Gasteiger charge is 2.38. The molecule has 2 aliphatic rings. The lowest BCUT2D eigenvalue weighted by Crippen LogP contribution is -2.29. The van der Waals surface area contributed by atoms with Crippen LogP contribution in [0.4, 0.5) is 0 Å². The van der Waals surface area contributed by atoms with E-state index in [2.05, 4.69) is 68.5 Å². The van der Waals surface area contributed by atoms with Crippen LogP contribution in [0.3, 0.4) is 0 Å². The van der Waals surface area contributed by atoms with Crippen molar-refractivity contribution in [2.45, 2.75) is 33.1 Å². The van der Waals surface area contributed by atoms with Crippen molar-refractivity contribution in [3.8, 4) is 0 Å². The third-order valence-corrected chi connectivity index (χ3v) is 5.05. The van der Waals surface area contributed by atoms with E-state index in [1.165, 1.54) is 24.0 Å². The van der Waals surface area contributed by atoms with Gasteiger partial charge in [0.1, 0.15) is 0 Å². The van der Waals surface area contributed by atoms with Gasteiger partial charge in [-0.2, -0.15) is 0 Å². The number of hydrogen-bond donors (Lipinski definition) is 0. The molecular formula is C19H22. The molecule has 1 aromatic rings. The lowest BCUT2D eigenvalue weighted by molar-refractivity contribution is 0.271. The second kappa shape index (κ2) is 4.85. The highest BCUT2D eigenvalue weighted by molar-refractivity contribution is 5.65. The first-order chi connectivity index (χ1) is 9.30. The summed E-state index contributed by atoms with van der Waals surface area (Å²) in [6.45, 7) is 4.68. The topological polar surface area (TPSA) is 0 Å². The summed E-state index contributed by atoms with van der Waals surface area (Å²) in [6, 6.07) is 8.83. The fourth-order valence-electron chi connectivity index (χ4n) is 3.79. The maximum absolute atomic E-state index is 2.45. The molecule has 0 saturated carbocycles. The van der Waals surface area contributed by atoms with Gasteiger partial charge in [-0.05, 0) is 30.4 Å². The first-order valence-corrected chi connectivity index (χ1v) is 7.44. The van der Waals surface area contributed by atoms with E-state index in [-0.39, 0.29) is 0 Å². The summed E-state index contributed by atoms with van der Waals surface area (Å²) >= 11 is 0. The normalized spacial score (nSPS) is 17.9. The Morgan fingerprint density at radius 1 is 1.05 bits per heavy atom. The number of hydrogen-bond acceptors (Lipinski definition) is 0. The Bertz CT molecular complexity index is 541. The summed E-state index contributed by atoms with van der Waals surface area (Å²) in [5.41, 5.74) is 4.85. The summed E-state index contributed by atoms with van der Waals surface area (Å²) in [7, 11) is 0. The van der Waals surface area contributed by atoms with Crippen LogP contribution in [0.15, 0.2) is 54.1 Å². The Kier molecular flexibility index (Phi) is 3.18. The lowest BCUT2D eigenvalue weighted by atomic mass is 9.66. The summed E-state index contributed by atoms with van der Waals surface area (Å²) in [5, 5.41) is 0. The van der Waals surface area contributed by atoms with E-state index >= 15 is 0 Å². The average molecular weight is 250 g/mol. The number of allylic oxidation sites excluding steroid dienone is 5. The van der Waals surface area contributed by atoms with E-state index < -0.39 is 0 Å². The van der Waals surface area contributed by atoms with Crippen molar-refractivity contribution < 1.29 is 0 Å². The molecule has 0 aromatic heterocycles. The van der Waals surface area contributed by atoms with E-state index in [0.717, 1.165) is 6.42 Å². The highest BCUT2D eigenvalue weighted by atomic mass is 14.4. The van der Waals surface area contributed by atoms with E-state index in [1.54, 1.807) is 5.57 Å². The second-order valence-corrected chi connectivity index (χ2v) is 5.70. The standard InChI is InChI=1S/C19H22/c1-3-19(4-2,17-11-7-8-12-17)18-13-15-9-5-6-10-16(15)14-18/h5-13,17H,3-4,14H2,1-2H3. The molecule has 0 fully saturated rings. The van der Waals surface area contributed by atoms with Gasteiger partial charge in [-0.15, -0.1) is 0 Å². The Morgan fingerprint density at radius 2 is 1.74 bits per heavy atom. The summed E-state index contributed by atoms with van der Waals surface area (Å²) in [6.07, 6.45) is 15.2. The van der Waals surface area contributed by atoms with Crippen LogP contribution in [0, 0.1) is 11.3 Å². The third kappa shape index (κ3) is 1.90. The van der Waals surface area contributed by atoms with Crippen molar-refractivity contribution in [1.29, 1.82) is 0 Å². The van der Waals surface area contributed by atoms with Crippen LogP contribution in [0.1, 0.15) is 37.8 Å². The number of rotatable bonds is 4. The maximum atomic E-state index is 2.45. The third-order valence-electron chi connectivity index (χ3n) is 5.05. The number of fused-ring (bicyclic) bond motifs is 1. The molecule has 3 rings (SSSR count). The summed E-state index contributed by atoms with van der Waals surface area (Å²) in [5.74, 6) is 0.572. The first kappa shape index (κ1) is 12.5. The molecule has 0 saturated heterocycles. The number of benzene rings is 1. The minimum Gasteiger partial charge on any atom is -0.0767 e. The summed E-state index contributed by atoms with van der Waals surface area (Å²) in [4.78, 5) is 0. The van der Waals surface area contributed by atoms with Crippen LogP contribution in [-0.2, 0) is 6.42 Å². The molecule has 19 heavy (non-hydrogen) atoms. The van der Waals surface area contributed by atoms with Gasteiger partial charge in [0, 0.05) is 11.3 Å². The fraction of sp³-hybridized carbons (Fsp3) is 0.368. The molecule has 1 aromatic carbocycles. The molecule has 0 heteroatoms. The van der Waals surface area contributed by atoms with Crippen molar-refractivity contribution in [2.24, 2.45) is 11.3 Å². The van der Waals surface area contributed by atoms with Gasteiger partial charge in [0.2, 0.25) is 0 Å². The Labute approximate surface area is 116 Å². The molecule has 0 N–H and O–H groups in total. The molecular weight excluding hydrogens is 228 g/mol. The Morgan fingerprint density at radius 3 is 2.37 bits per heavy atom. The lowest BCUT2D eigenvalue weighted by Gasteiger charge is -2.38. The van der Waals surface area contributed by atoms with Gasteiger partial charge in [0.25, 0.3) is 0 Å². The van der Waals surface area contributed by atoms with Gasteiger partial charge in [-0.1, -0.05) is 74.1 Å². The zero-order valence-corrected chi connectivity index (χ0v) is 11.9. The van der Waals surface area contributed by atoms with Gasteiger partial charge < -0.3 is 0 Å². The smallest absolute Gasteiger partial charge is 0.00466 e. The second-order valence-electron chi connectivity index (χ2n) is 5.70. The predicted molar refractivity (Wildman–Crippen MR) is 82.9 cm³/mol. The van der Waals surface area contributed by atoms with Gasteiger partial charge >= 0.3 is 0 Å². The van der Waals surface area contributed by atoms with Crippen molar-refractivity contribution >= 4 is 6.08 Å². The van der Waals surface area contributed by atoms with Crippen LogP contribution >= 0.6 is 0 Å². The monoisotopic (exact) mass is 250 g/mol. The van der Waals surface area contributed by atoms with Crippen molar-refractivity contribution in [3.63, 3.8) is 0 Å². The van der Waals surface area contributed by atoms with Gasteiger partial charge in [-0.3, -0.25) is 0 Å². The van der Waals surface area contributed by atoms with Crippen LogP contribution in [-0.4, -0.2) is 0 Å². The first-order valence-electron chi connectivity index (χ1n) is 7.44. The zero-order chi connectivity index (χ0) is 13.3. The molecule has 0 nitrogen and oxygen atoms in total. The van der Waals surface area contributed by atoms with Crippen molar-refractivity contribution in [2.75, 3.05) is 0 Å². The minimum absolute atomic E-state index is 0.308. The largest absolute Gasteiger partial charge is 0.0767 e. The molecule has 0 radical (unpaired) electrons. The zero-order valence-electron chi connectivity index (χ0n) is 11.9. The van der Waals surface area contributed by atoms with E-state index in [1.807, 2.05) is 0 Å². The van der Waals surface area contributed by atoms with Crippen LogP contribution < -0.4 is 0 Å². The van der Waals surface area contributed by atoms with Gasteiger partial charge in [0.15, 0.2) is 0 Å². The Hall–Kier alpha value is -1.56. The van der Waals surface area contributed by atoms with Crippen LogP contribution in [0.25, 0.3) is 6.08 Å². The Balaban J connectivity index is 1.99. The molecule has 0 amide bonds. The quantitative estimate of drug-likeness (QED) is 0.691. The molecule has 0 bridgehead atoms. The predicted octanol–water partition coefficient (Wildman–Crippen LogP) is 5.17. The van der Waals surface area contributed by atoms with Gasteiger partial charge in [0.05, 0.1) is 0 Å². The molecule has 98 valence electrons.